The number of anilines is 1. The second-order valence-electron chi connectivity index (χ2n) is 1.27. The summed E-state index contributed by atoms with van der Waals surface area (Å²) in [5.74, 6) is 0.433. The molecule has 0 unspecified atom stereocenters. The molecule has 0 saturated heterocycles. The maximum absolute atomic E-state index is 9.63. The van der Waals surface area contributed by atoms with Crippen LogP contribution in [0.5, 0.6) is 0 Å². The largest absolute Gasteiger partial charge is 0.384 e. The van der Waals surface area contributed by atoms with Crippen molar-refractivity contribution in [3.8, 4) is 0 Å². The summed E-state index contributed by atoms with van der Waals surface area (Å²) in [5.41, 5.74) is 5.14. The van der Waals surface area contributed by atoms with E-state index in [9.17, 15) is 4.91 Å². The topological polar surface area (TPSA) is 84.1 Å². The molecule has 1 aromatic heterocycles. The van der Waals surface area contributed by atoms with E-state index in [1.54, 1.807) is 0 Å². The molecule has 0 bridgehead atoms. The Labute approximate surface area is 44.9 Å². The lowest BCUT2D eigenvalue weighted by molar-refractivity contribution is 1.09. The Kier molecular flexibility index (Phi) is 0.957. The van der Waals surface area contributed by atoms with Crippen molar-refractivity contribution in [3.05, 3.63) is 11.0 Å². The molecule has 0 amide bonds. The smallest absolute Gasteiger partial charge is 0.219 e. The second kappa shape index (κ2) is 1.61. The average molecular weight is 112 g/mol. The number of rotatable bonds is 1. The van der Waals surface area contributed by atoms with Gasteiger partial charge in [-0.3, -0.25) is 5.10 Å². The normalized spacial score (nSPS) is 9.00. The van der Waals surface area contributed by atoms with Gasteiger partial charge in [-0.15, -0.1) is 4.91 Å². The summed E-state index contributed by atoms with van der Waals surface area (Å²) >= 11 is 0. The van der Waals surface area contributed by atoms with Gasteiger partial charge in [0.2, 0.25) is 5.82 Å². The number of nitrogens with zero attached hydrogens (tertiary/aromatic N) is 2. The number of nitrogen functional groups attached to an aromatic ring is 1. The summed E-state index contributed by atoms with van der Waals surface area (Å²) < 4.78 is 0. The van der Waals surface area contributed by atoms with Gasteiger partial charge < -0.3 is 5.73 Å². The molecule has 1 heterocycles. The van der Waals surface area contributed by atoms with Crippen molar-refractivity contribution in [1.82, 2.24) is 10.2 Å². The lowest BCUT2D eigenvalue weighted by Gasteiger charge is -1.70. The summed E-state index contributed by atoms with van der Waals surface area (Å²) in [7, 11) is 0. The fourth-order valence-electron chi connectivity index (χ4n) is 0.372. The molecule has 1 rings (SSSR count). The first-order valence-corrected chi connectivity index (χ1v) is 1.97. The number of nitrogens with two attached hydrogens (primary N) is 1. The average Bonchev–Trinajstić information content (AvgIpc) is 2.14. The van der Waals surface area contributed by atoms with Crippen LogP contribution in [0.15, 0.2) is 11.2 Å². The maximum atomic E-state index is 9.63. The number of nitroso groups, excluding NO2 is 1. The SMILES string of the molecule is Nc1cc(N=O)n[nH]1. The first-order chi connectivity index (χ1) is 3.83. The third-order valence-corrected chi connectivity index (χ3v) is 0.678. The van der Waals surface area contributed by atoms with E-state index in [1.807, 2.05) is 0 Å². The fraction of sp³-hybridized carbons (Fsp3) is 0. The molecule has 8 heavy (non-hydrogen) atoms. The van der Waals surface area contributed by atoms with Gasteiger partial charge in [0, 0.05) is 6.07 Å². The van der Waals surface area contributed by atoms with Crippen LogP contribution in [-0.4, -0.2) is 10.2 Å². The third-order valence-electron chi connectivity index (χ3n) is 0.678. The molecule has 0 aliphatic carbocycles. The maximum Gasteiger partial charge on any atom is 0.219 e. The molecule has 0 saturated carbocycles. The molecule has 0 aliphatic heterocycles. The Morgan fingerprint density at radius 3 is 2.88 bits per heavy atom. The minimum Gasteiger partial charge on any atom is -0.384 e. The predicted octanol–water partition coefficient (Wildman–Crippen LogP) is 0.390. The van der Waals surface area contributed by atoms with Crippen molar-refractivity contribution in [1.29, 1.82) is 0 Å². The highest BCUT2D eigenvalue weighted by molar-refractivity contribution is 5.39. The van der Waals surface area contributed by atoms with E-state index in [1.165, 1.54) is 6.07 Å². The Morgan fingerprint density at radius 1 is 1.88 bits per heavy atom. The molecular formula is C3H4N4O. The standard InChI is InChI=1S/C3H4N4O/c4-2-1-3(7-8)6-5-2/h1H,(H3,4,5,6). The van der Waals surface area contributed by atoms with Crippen LogP contribution in [0.25, 0.3) is 0 Å². The van der Waals surface area contributed by atoms with E-state index < -0.39 is 0 Å². The highest BCUT2D eigenvalue weighted by Crippen LogP contribution is 2.07. The van der Waals surface area contributed by atoms with Crippen molar-refractivity contribution in [2.75, 3.05) is 5.73 Å². The first-order valence-electron chi connectivity index (χ1n) is 1.97. The molecule has 5 nitrogen and oxygen atoms in total. The van der Waals surface area contributed by atoms with Gasteiger partial charge >= 0.3 is 0 Å². The van der Waals surface area contributed by atoms with Gasteiger partial charge in [0.25, 0.3) is 0 Å². The lowest BCUT2D eigenvalue weighted by Crippen LogP contribution is -1.81. The summed E-state index contributed by atoms with van der Waals surface area (Å²) in [6, 6.07) is 1.35. The van der Waals surface area contributed by atoms with Gasteiger partial charge in [-0.05, 0) is 5.18 Å². The van der Waals surface area contributed by atoms with E-state index in [0.717, 1.165) is 0 Å². The molecule has 1 aromatic rings. The van der Waals surface area contributed by atoms with Gasteiger partial charge in [-0.25, -0.2) is 0 Å². The Bertz CT molecular complexity index is 193. The fourth-order valence-corrected chi connectivity index (χ4v) is 0.372. The zero-order valence-corrected chi connectivity index (χ0v) is 3.96. The van der Waals surface area contributed by atoms with Crippen LogP contribution < -0.4 is 5.73 Å². The molecule has 0 fully saturated rings. The molecule has 5 heteroatoms. The molecule has 0 aliphatic rings. The van der Waals surface area contributed by atoms with Crippen LogP contribution in [0.4, 0.5) is 11.6 Å². The van der Waals surface area contributed by atoms with Crippen molar-refractivity contribution < 1.29 is 0 Å². The van der Waals surface area contributed by atoms with Gasteiger partial charge in [-0.1, -0.05) is 0 Å². The molecule has 3 N–H and O–H groups in total. The van der Waals surface area contributed by atoms with Crippen molar-refractivity contribution >= 4 is 11.6 Å². The van der Waals surface area contributed by atoms with Crippen LogP contribution in [-0.2, 0) is 0 Å². The van der Waals surface area contributed by atoms with Gasteiger partial charge in [-0.2, -0.15) is 5.10 Å². The zero-order valence-electron chi connectivity index (χ0n) is 3.96. The third kappa shape index (κ3) is 0.651. The zero-order chi connectivity index (χ0) is 5.98. The molecule has 0 atom stereocenters. The Hall–Kier alpha value is -1.39. The van der Waals surface area contributed by atoms with Crippen LogP contribution >= 0.6 is 0 Å². The quantitative estimate of drug-likeness (QED) is 0.515. The first kappa shape index (κ1) is 4.76. The molecule has 42 valence electrons. The van der Waals surface area contributed by atoms with Crippen LogP contribution in [0, 0.1) is 4.91 Å². The van der Waals surface area contributed by atoms with Crippen LogP contribution in [0.3, 0.4) is 0 Å². The van der Waals surface area contributed by atoms with Crippen molar-refractivity contribution in [2.45, 2.75) is 0 Å². The van der Waals surface area contributed by atoms with E-state index >= 15 is 0 Å². The predicted molar refractivity (Wildman–Crippen MR) is 28.5 cm³/mol. The summed E-state index contributed by atoms with van der Waals surface area (Å²) in [5, 5.41) is 8.28. The van der Waals surface area contributed by atoms with Gasteiger partial charge in [0.1, 0.15) is 5.82 Å². The van der Waals surface area contributed by atoms with E-state index in [2.05, 4.69) is 15.4 Å². The number of hydrogen-bond donors (Lipinski definition) is 2. The van der Waals surface area contributed by atoms with Crippen molar-refractivity contribution in [2.24, 2.45) is 5.18 Å². The number of aromatic nitrogens is 2. The second-order valence-corrected chi connectivity index (χ2v) is 1.27. The van der Waals surface area contributed by atoms with E-state index in [4.69, 9.17) is 5.73 Å². The number of H-pyrrole nitrogens is 1. The highest BCUT2D eigenvalue weighted by Gasteiger charge is 1.92. The minimum absolute atomic E-state index is 0.0856. The van der Waals surface area contributed by atoms with Gasteiger partial charge in [0.05, 0.1) is 0 Å². The molecule has 0 aromatic carbocycles. The molecular weight excluding hydrogens is 108 g/mol. The van der Waals surface area contributed by atoms with Crippen LogP contribution in [0.1, 0.15) is 0 Å². The summed E-state index contributed by atoms with van der Waals surface area (Å²) in [6.07, 6.45) is 0. The Balaban J connectivity index is 3.00. The van der Waals surface area contributed by atoms with Gasteiger partial charge in [0.15, 0.2) is 0 Å². The highest BCUT2D eigenvalue weighted by atomic mass is 16.3. The Morgan fingerprint density at radius 2 is 2.62 bits per heavy atom. The van der Waals surface area contributed by atoms with Crippen LogP contribution in [0.2, 0.25) is 0 Å². The lowest BCUT2D eigenvalue weighted by atomic mass is 10.6. The summed E-state index contributed by atoms with van der Waals surface area (Å²) in [6.45, 7) is 0. The number of hydrogen-bond acceptors (Lipinski definition) is 4. The van der Waals surface area contributed by atoms with Crippen molar-refractivity contribution in [3.63, 3.8) is 0 Å². The monoisotopic (exact) mass is 112 g/mol. The number of nitrogens with one attached hydrogen (secondary N) is 1. The molecule has 0 radical (unpaired) electrons. The summed E-state index contributed by atoms with van der Waals surface area (Å²) in [4.78, 5) is 9.63. The minimum atomic E-state index is 0.0856. The van der Waals surface area contributed by atoms with E-state index in [0.29, 0.717) is 5.82 Å². The number of aromatic amines is 1. The van der Waals surface area contributed by atoms with E-state index in [-0.39, 0.29) is 5.82 Å². The molecule has 0 spiro atoms.